The van der Waals surface area contributed by atoms with Gasteiger partial charge in [-0.3, -0.25) is 0 Å². The number of aliphatic hydroxyl groups is 3. The minimum absolute atomic E-state index is 0.00749. The number of nitrogens with zero attached hydrogens (tertiary/aromatic N) is 1. The van der Waals surface area contributed by atoms with Crippen molar-refractivity contribution >= 4 is 12.2 Å². The van der Waals surface area contributed by atoms with Crippen molar-refractivity contribution in [2.45, 2.75) is 82.0 Å². The summed E-state index contributed by atoms with van der Waals surface area (Å²) >= 11 is 0. The first kappa shape index (κ1) is 20.5. The van der Waals surface area contributed by atoms with Gasteiger partial charge in [0, 0.05) is 23.3 Å². The molecule has 1 heterocycles. The smallest absolute Gasteiger partial charge is 0.331 e. The molecule has 4 saturated carbocycles. The predicted octanol–water partition coefficient (Wildman–Crippen LogP) is 2.16. The summed E-state index contributed by atoms with van der Waals surface area (Å²) in [4.78, 5) is 11.7. The molecule has 5 aliphatic rings. The number of cyclic esters (lactones) is 1. The number of esters is 1. The lowest BCUT2D eigenvalue weighted by Crippen LogP contribution is -2.68. The van der Waals surface area contributed by atoms with Crippen LogP contribution in [0, 0.1) is 28.6 Å². The highest BCUT2D eigenvalue weighted by Gasteiger charge is 2.71. The summed E-state index contributed by atoms with van der Waals surface area (Å²) in [6.07, 6.45) is 8.20. The minimum atomic E-state index is -1.12. The van der Waals surface area contributed by atoms with Crippen LogP contribution in [0.2, 0.25) is 0 Å². The third-order valence-electron chi connectivity index (χ3n) is 9.93. The standard InChI is InChI=1S/C23H33NO6/c1-20-6-3-17-18(23(20,28)9-5-16(20)14-10-19(26)30-12-14)4-8-22(27)11-15(25)2-7-21(17,22)13-24-29/h10,13,15-18,25,27-29H,2-9,11-12H2,1H3/b24-13-/t15-,16+,17-,18+,20-,21+,22+,23-/m1/s1. The maximum atomic E-state index is 12.2. The summed E-state index contributed by atoms with van der Waals surface area (Å²) in [6, 6.07) is 0. The van der Waals surface area contributed by atoms with Crippen molar-refractivity contribution in [3.8, 4) is 0 Å². The van der Waals surface area contributed by atoms with E-state index in [0.29, 0.717) is 38.7 Å². The number of hydrogen-bond donors (Lipinski definition) is 4. The Balaban J connectivity index is 1.53. The molecular weight excluding hydrogens is 386 g/mol. The highest BCUT2D eigenvalue weighted by molar-refractivity contribution is 5.85. The molecule has 4 N–H and O–H groups in total. The van der Waals surface area contributed by atoms with Crippen molar-refractivity contribution in [3.05, 3.63) is 11.6 Å². The Hall–Kier alpha value is -1.44. The lowest BCUT2D eigenvalue weighted by atomic mass is 9.41. The predicted molar refractivity (Wildman–Crippen MR) is 108 cm³/mol. The first-order chi connectivity index (χ1) is 14.2. The lowest BCUT2D eigenvalue weighted by Gasteiger charge is -2.65. The number of oxime groups is 1. The van der Waals surface area contributed by atoms with Crippen LogP contribution in [0.3, 0.4) is 0 Å². The van der Waals surface area contributed by atoms with Crippen molar-refractivity contribution in [2.75, 3.05) is 6.61 Å². The van der Waals surface area contributed by atoms with E-state index in [9.17, 15) is 25.3 Å². The summed E-state index contributed by atoms with van der Waals surface area (Å²) in [5.74, 6) is -0.203. The molecule has 0 aromatic heterocycles. The Morgan fingerprint density at radius 1 is 1.10 bits per heavy atom. The van der Waals surface area contributed by atoms with Gasteiger partial charge in [0.25, 0.3) is 0 Å². The molecule has 0 aromatic carbocycles. The van der Waals surface area contributed by atoms with Gasteiger partial charge < -0.3 is 25.3 Å². The van der Waals surface area contributed by atoms with Crippen molar-refractivity contribution in [1.82, 2.24) is 0 Å². The summed E-state index contributed by atoms with van der Waals surface area (Å²) in [7, 11) is 0. The Morgan fingerprint density at radius 2 is 1.87 bits per heavy atom. The first-order valence-corrected chi connectivity index (χ1v) is 11.4. The Bertz CT molecular complexity index is 812. The quantitative estimate of drug-likeness (QED) is 0.236. The average molecular weight is 420 g/mol. The van der Waals surface area contributed by atoms with Gasteiger partial charge in [-0.15, -0.1) is 5.16 Å². The number of ether oxygens (including phenoxy) is 1. The van der Waals surface area contributed by atoms with E-state index in [2.05, 4.69) is 12.1 Å². The van der Waals surface area contributed by atoms with Crippen LogP contribution in [0.25, 0.3) is 0 Å². The van der Waals surface area contributed by atoms with Crippen LogP contribution in [-0.4, -0.2) is 56.6 Å². The van der Waals surface area contributed by atoms with E-state index < -0.39 is 22.7 Å². The lowest BCUT2D eigenvalue weighted by molar-refractivity contribution is -0.237. The van der Waals surface area contributed by atoms with Crippen LogP contribution in [0.5, 0.6) is 0 Å². The Morgan fingerprint density at radius 3 is 2.57 bits per heavy atom. The number of rotatable bonds is 2. The SMILES string of the molecule is C[C@]12CC[C@@H]3[C@H](CC[C@]4(O)C[C@H](O)CC[C@]34/C=N\O)[C@]1(O)CC[C@H]2C1=CC(=O)OC1. The van der Waals surface area contributed by atoms with Gasteiger partial charge in [-0.05, 0) is 74.7 Å². The molecule has 8 atom stereocenters. The third kappa shape index (κ3) is 2.43. The van der Waals surface area contributed by atoms with E-state index in [1.807, 2.05) is 0 Å². The fourth-order valence-electron chi connectivity index (χ4n) is 8.46. The van der Waals surface area contributed by atoms with Gasteiger partial charge in [-0.2, -0.15) is 0 Å². The fourth-order valence-corrected chi connectivity index (χ4v) is 8.46. The van der Waals surface area contributed by atoms with Gasteiger partial charge >= 0.3 is 5.97 Å². The molecule has 0 radical (unpaired) electrons. The molecule has 7 heteroatoms. The Kier molecular flexibility index (Phi) is 4.45. The zero-order chi connectivity index (χ0) is 21.4. The Labute approximate surface area is 176 Å². The van der Waals surface area contributed by atoms with Gasteiger partial charge in [0.1, 0.15) is 6.61 Å². The van der Waals surface area contributed by atoms with Gasteiger partial charge in [-0.1, -0.05) is 6.92 Å². The molecule has 0 aromatic rings. The van der Waals surface area contributed by atoms with Gasteiger partial charge in [-0.25, -0.2) is 4.79 Å². The largest absolute Gasteiger partial charge is 0.458 e. The summed E-state index contributed by atoms with van der Waals surface area (Å²) in [5, 5.41) is 47.0. The maximum absolute atomic E-state index is 12.2. The second-order valence-corrected chi connectivity index (χ2v) is 10.8. The molecule has 30 heavy (non-hydrogen) atoms. The summed E-state index contributed by atoms with van der Waals surface area (Å²) < 4.78 is 5.17. The molecule has 166 valence electrons. The molecule has 4 fully saturated rings. The van der Waals surface area contributed by atoms with Crippen LogP contribution in [0.4, 0.5) is 0 Å². The zero-order valence-electron chi connectivity index (χ0n) is 17.6. The monoisotopic (exact) mass is 419 g/mol. The highest BCUT2D eigenvalue weighted by atomic mass is 16.5. The second-order valence-electron chi connectivity index (χ2n) is 10.8. The molecule has 4 aliphatic carbocycles. The number of aliphatic hydroxyl groups excluding tert-OH is 1. The van der Waals surface area contributed by atoms with Crippen LogP contribution in [-0.2, 0) is 9.53 Å². The topological polar surface area (TPSA) is 120 Å². The second kappa shape index (κ2) is 6.53. The van der Waals surface area contributed by atoms with Crippen molar-refractivity contribution in [2.24, 2.45) is 33.7 Å². The van der Waals surface area contributed by atoms with E-state index >= 15 is 0 Å². The van der Waals surface area contributed by atoms with Gasteiger partial charge in [0.2, 0.25) is 0 Å². The molecule has 0 bridgehead atoms. The highest BCUT2D eigenvalue weighted by Crippen LogP contribution is 2.70. The molecule has 1 aliphatic heterocycles. The van der Waals surface area contributed by atoms with E-state index in [1.165, 1.54) is 6.21 Å². The van der Waals surface area contributed by atoms with E-state index in [1.54, 1.807) is 6.08 Å². The van der Waals surface area contributed by atoms with Crippen LogP contribution < -0.4 is 0 Å². The number of hydrogen-bond acceptors (Lipinski definition) is 7. The molecule has 0 saturated heterocycles. The van der Waals surface area contributed by atoms with Crippen LogP contribution in [0.1, 0.15) is 64.7 Å². The minimum Gasteiger partial charge on any atom is -0.458 e. The van der Waals surface area contributed by atoms with Gasteiger partial charge in [0.05, 0.1) is 23.5 Å². The third-order valence-corrected chi connectivity index (χ3v) is 9.93. The fraction of sp³-hybridized carbons (Fsp3) is 0.826. The maximum Gasteiger partial charge on any atom is 0.331 e. The summed E-state index contributed by atoms with van der Waals surface area (Å²) in [5.41, 5.74) is -2.11. The normalized spacial score (nSPS) is 53.1. The molecule has 0 spiro atoms. The van der Waals surface area contributed by atoms with Crippen LogP contribution in [0.15, 0.2) is 16.8 Å². The average Bonchev–Trinajstić information content (AvgIpc) is 3.23. The van der Waals surface area contributed by atoms with Crippen LogP contribution >= 0.6 is 0 Å². The molecular formula is C23H33NO6. The molecule has 0 unspecified atom stereocenters. The molecule has 7 nitrogen and oxygen atoms in total. The van der Waals surface area contributed by atoms with Crippen molar-refractivity contribution < 1.29 is 30.1 Å². The molecule has 5 rings (SSSR count). The zero-order valence-corrected chi connectivity index (χ0v) is 17.6. The van der Waals surface area contributed by atoms with E-state index in [-0.39, 0.29) is 35.6 Å². The van der Waals surface area contributed by atoms with E-state index in [4.69, 9.17) is 4.74 Å². The van der Waals surface area contributed by atoms with Crippen molar-refractivity contribution in [3.63, 3.8) is 0 Å². The number of fused-ring (bicyclic) bond motifs is 5. The summed E-state index contributed by atoms with van der Waals surface area (Å²) in [6.45, 7) is 2.48. The van der Waals surface area contributed by atoms with Crippen molar-refractivity contribution in [1.29, 1.82) is 0 Å². The number of carbonyl (C=O) groups is 1. The van der Waals surface area contributed by atoms with E-state index in [0.717, 1.165) is 24.8 Å². The first-order valence-electron chi connectivity index (χ1n) is 11.4. The molecule has 0 amide bonds. The number of carbonyl (C=O) groups excluding carboxylic acids is 1. The van der Waals surface area contributed by atoms with Gasteiger partial charge in [0.15, 0.2) is 0 Å².